The van der Waals surface area contributed by atoms with Crippen molar-refractivity contribution in [1.29, 1.82) is 0 Å². The van der Waals surface area contributed by atoms with Crippen LogP contribution in [0.4, 0.5) is 5.69 Å². The molecule has 132 valence electrons. The molecule has 26 heavy (non-hydrogen) atoms. The number of nitrogens with zero attached hydrogens (tertiary/aromatic N) is 1. The molecule has 0 aliphatic rings. The van der Waals surface area contributed by atoms with E-state index in [4.69, 9.17) is 4.74 Å². The highest BCUT2D eigenvalue weighted by Gasteiger charge is 2.23. The summed E-state index contributed by atoms with van der Waals surface area (Å²) in [4.78, 5) is 24.8. The summed E-state index contributed by atoms with van der Waals surface area (Å²) in [6.07, 6.45) is 0.456. The number of ether oxygens (including phenoxy) is 1. The van der Waals surface area contributed by atoms with Crippen LogP contribution in [0.25, 0.3) is 11.3 Å². The first kappa shape index (κ1) is 17.4. The molecule has 2 N–H and O–H groups in total. The van der Waals surface area contributed by atoms with E-state index >= 15 is 0 Å². The van der Waals surface area contributed by atoms with Crippen LogP contribution in [0.15, 0.2) is 60.8 Å². The molecule has 0 aliphatic heterocycles. The average molecular weight is 349 g/mol. The van der Waals surface area contributed by atoms with Crippen LogP contribution in [-0.4, -0.2) is 28.2 Å². The number of para-hydroxylation sites is 1. The number of carbonyl (C=O) groups is 2. The van der Waals surface area contributed by atoms with Gasteiger partial charge in [0, 0.05) is 11.3 Å². The number of nitrogens with one attached hydrogen (secondary N) is 2. The van der Waals surface area contributed by atoms with Crippen LogP contribution in [0, 0.1) is 6.92 Å². The largest absolute Gasteiger partial charge is 0.449 e. The topological polar surface area (TPSA) is 84.1 Å². The molecule has 1 aromatic heterocycles. The molecule has 0 radical (unpaired) electrons. The van der Waals surface area contributed by atoms with Crippen molar-refractivity contribution in [3.63, 3.8) is 0 Å². The predicted octanol–water partition coefficient (Wildman–Crippen LogP) is 3.57. The van der Waals surface area contributed by atoms with Gasteiger partial charge in [0.15, 0.2) is 6.10 Å². The number of hydrogen-bond donors (Lipinski definition) is 2. The summed E-state index contributed by atoms with van der Waals surface area (Å²) in [6, 6.07) is 16.7. The normalized spacial score (nSPS) is 11.6. The van der Waals surface area contributed by atoms with E-state index in [1.807, 2.05) is 55.5 Å². The van der Waals surface area contributed by atoms with Crippen LogP contribution < -0.4 is 5.32 Å². The molecule has 0 aliphatic carbocycles. The Bertz CT molecular complexity index is 919. The van der Waals surface area contributed by atoms with Crippen LogP contribution in [0.1, 0.15) is 22.8 Å². The maximum Gasteiger partial charge on any atom is 0.342 e. The van der Waals surface area contributed by atoms with Gasteiger partial charge in [0.1, 0.15) is 5.56 Å². The molecule has 0 saturated carbocycles. The smallest absolute Gasteiger partial charge is 0.342 e. The van der Waals surface area contributed by atoms with E-state index in [0.717, 1.165) is 11.1 Å². The number of rotatable bonds is 5. The molecule has 0 bridgehead atoms. The quantitative estimate of drug-likeness (QED) is 0.690. The van der Waals surface area contributed by atoms with Crippen molar-refractivity contribution in [3.8, 4) is 11.3 Å². The Morgan fingerprint density at radius 2 is 1.77 bits per heavy atom. The molecule has 2 aromatic carbocycles. The summed E-state index contributed by atoms with van der Waals surface area (Å²) >= 11 is 0. The van der Waals surface area contributed by atoms with Gasteiger partial charge in [0.05, 0.1) is 11.9 Å². The third-order valence-electron chi connectivity index (χ3n) is 3.98. The van der Waals surface area contributed by atoms with Crippen molar-refractivity contribution < 1.29 is 14.3 Å². The molecule has 6 heteroatoms. The number of benzene rings is 2. The van der Waals surface area contributed by atoms with Gasteiger partial charge in [-0.2, -0.15) is 5.10 Å². The van der Waals surface area contributed by atoms with Gasteiger partial charge in [-0.05, 0) is 25.5 Å². The van der Waals surface area contributed by atoms with Gasteiger partial charge in [-0.3, -0.25) is 9.89 Å². The lowest BCUT2D eigenvalue weighted by atomic mass is 10.1. The van der Waals surface area contributed by atoms with Gasteiger partial charge in [-0.15, -0.1) is 0 Å². The second-order valence-electron chi connectivity index (χ2n) is 5.88. The number of esters is 1. The summed E-state index contributed by atoms with van der Waals surface area (Å²) in [6.45, 7) is 3.43. The number of H-pyrrole nitrogens is 1. The van der Waals surface area contributed by atoms with Gasteiger partial charge >= 0.3 is 5.97 Å². The second-order valence-corrected chi connectivity index (χ2v) is 5.88. The fourth-order valence-corrected chi connectivity index (χ4v) is 2.49. The predicted molar refractivity (Wildman–Crippen MR) is 98.7 cm³/mol. The molecule has 0 saturated heterocycles. The Balaban J connectivity index is 1.70. The van der Waals surface area contributed by atoms with Crippen molar-refractivity contribution in [2.24, 2.45) is 0 Å². The van der Waals surface area contributed by atoms with Crippen LogP contribution in [-0.2, 0) is 9.53 Å². The third kappa shape index (κ3) is 3.80. The summed E-state index contributed by atoms with van der Waals surface area (Å²) in [7, 11) is 0. The minimum absolute atomic E-state index is 0.284. The summed E-state index contributed by atoms with van der Waals surface area (Å²) < 4.78 is 5.32. The number of hydrogen-bond acceptors (Lipinski definition) is 4. The first-order valence-electron chi connectivity index (χ1n) is 8.22. The standard InChI is InChI=1S/C20H19N3O3/c1-13-8-6-7-11-17(13)22-19(24)14(2)26-20(25)16-12-21-23-18(16)15-9-4-3-5-10-15/h3-12,14H,1-2H3,(H,21,23)(H,22,24). The minimum atomic E-state index is -0.944. The Morgan fingerprint density at radius 3 is 2.50 bits per heavy atom. The van der Waals surface area contributed by atoms with Crippen molar-refractivity contribution in [2.45, 2.75) is 20.0 Å². The van der Waals surface area contributed by atoms with Crippen LogP contribution in [0.3, 0.4) is 0 Å². The lowest BCUT2D eigenvalue weighted by Gasteiger charge is -2.14. The molecular formula is C20H19N3O3. The second kappa shape index (κ2) is 7.65. The number of carbonyl (C=O) groups excluding carboxylic acids is 2. The van der Waals surface area contributed by atoms with Gasteiger partial charge in [0.2, 0.25) is 0 Å². The molecule has 1 atom stereocenters. The van der Waals surface area contributed by atoms with Crippen LogP contribution in [0.2, 0.25) is 0 Å². The number of anilines is 1. The van der Waals surface area contributed by atoms with Gasteiger partial charge in [-0.1, -0.05) is 48.5 Å². The highest BCUT2D eigenvalue weighted by molar-refractivity contribution is 6.00. The van der Waals surface area contributed by atoms with Crippen molar-refractivity contribution >= 4 is 17.6 Å². The van der Waals surface area contributed by atoms with E-state index in [-0.39, 0.29) is 5.56 Å². The van der Waals surface area contributed by atoms with Crippen molar-refractivity contribution in [2.75, 3.05) is 5.32 Å². The molecular weight excluding hydrogens is 330 g/mol. The Kier molecular flexibility index (Phi) is 5.12. The van der Waals surface area contributed by atoms with E-state index in [2.05, 4.69) is 15.5 Å². The van der Waals surface area contributed by atoms with E-state index in [9.17, 15) is 9.59 Å². The molecule has 1 heterocycles. The zero-order valence-corrected chi connectivity index (χ0v) is 14.5. The molecule has 3 rings (SSSR count). The average Bonchev–Trinajstić information content (AvgIpc) is 3.14. The third-order valence-corrected chi connectivity index (χ3v) is 3.98. The lowest BCUT2D eigenvalue weighted by Crippen LogP contribution is -2.30. The maximum atomic E-state index is 12.5. The minimum Gasteiger partial charge on any atom is -0.449 e. The lowest BCUT2D eigenvalue weighted by molar-refractivity contribution is -0.123. The summed E-state index contributed by atoms with van der Waals surface area (Å²) in [5.74, 6) is -0.998. The summed E-state index contributed by atoms with van der Waals surface area (Å²) in [5, 5.41) is 9.49. The van der Waals surface area contributed by atoms with Crippen LogP contribution in [0.5, 0.6) is 0 Å². The highest BCUT2D eigenvalue weighted by atomic mass is 16.5. The molecule has 1 amide bonds. The highest BCUT2D eigenvalue weighted by Crippen LogP contribution is 2.22. The van der Waals surface area contributed by atoms with Crippen molar-refractivity contribution in [3.05, 3.63) is 71.9 Å². The summed E-state index contributed by atoms with van der Waals surface area (Å²) in [5.41, 5.74) is 3.28. The zero-order valence-electron chi connectivity index (χ0n) is 14.5. The van der Waals surface area contributed by atoms with Gasteiger partial charge in [-0.25, -0.2) is 4.79 Å². The first-order valence-corrected chi connectivity index (χ1v) is 8.22. The number of aryl methyl sites for hydroxylation is 1. The Labute approximate surface area is 151 Å². The Morgan fingerprint density at radius 1 is 1.08 bits per heavy atom. The van der Waals surface area contributed by atoms with E-state index in [0.29, 0.717) is 11.4 Å². The van der Waals surface area contributed by atoms with Crippen molar-refractivity contribution in [1.82, 2.24) is 10.2 Å². The molecule has 0 spiro atoms. The first-order chi connectivity index (χ1) is 12.6. The molecule has 3 aromatic rings. The molecule has 0 fully saturated rings. The number of amides is 1. The van der Waals surface area contributed by atoms with E-state index in [1.165, 1.54) is 13.1 Å². The monoisotopic (exact) mass is 349 g/mol. The fourth-order valence-electron chi connectivity index (χ4n) is 2.49. The Hall–Kier alpha value is -3.41. The fraction of sp³-hybridized carbons (Fsp3) is 0.150. The van der Waals surface area contributed by atoms with E-state index < -0.39 is 18.0 Å². The van der Waals surface area contributed by atoms with Gasteiger partial charge < -0.3 is 10.1 Å². The van der Waals surface area contributed by atoms with Crippen LogP contribution >= 0.6 is 0 Å². The maximum absolute atomic E-state index is 12.5. The van der Waals surface area contributed by atoms with Gasteiger partial charge in [0.25, 0.3) is 5.91 Å². The van der Waals surface area contributed by atoms with E-state index in [1.54, 1.807) is 6.07 Å². The molecule has 1 unspecified atom stereocenters. The number of aromatic amines is 1. The number of aromatic nitrogens is 2. The SMILES string of the molecule is Cc1ccccc1NC(=O)C(C)OC(=O)c1cn[nH]c1-c1ccccc1. The zero-order chi connectivity index (χ0) is 18.5. The molecule has 6 nitrogen and oxygen atoms in total.